The Morgan fingerprint density at radius 3 is 3.06 bits per heavy atom. The van der Waals surface area contributed by atoms with Crippen LogP contribution in [0.25, 0.3) is 0 Å². The van der Waals surface area contributed by atoms with Gasteiger partial charge in [-0.2, -0.15) is 0 Å². The first-order valence-electron chi connectivity index (χ1n) is 6.47. The monoisotopic (exact) mass is 315 g/mol. The predicted molar refractivity (Wildman–Crippen MR) is 74.1 cm³/mol. The molecule has 0 radical (unpaired) electrons. The zero-order valence-electron chi connectivity index (χ0n) is 10.6. The Kier molecular flexibility index (Phi) is 5.15. The lowest BCUT2D eigenvalue weighted by Gasteiger charge is -2.25. The number of rotatable bonds is 4. The lowest BCUT2D eigenvalue weighted by molar-refractivity contribution is 0.0156. The van der Waals surface area contributed by atoms with Crippen LogP contribution < -0.4 is 5.32 Å². The van der Waals surface area contributed by atoms with Gasteiger partial charge in [-0.25, -0.2) is 4.39 Å². The first kappa shape index (κ1) is 14.0. The van der Waals surface area contributed by atoms with Crippen LogP contribution in [-0.4, -0.2) is 19.3 Å². The zero-order valence-corrected chi connectivity index (χ0v) is 12.2. The van der Waals surface area contributed by atoms with Gasteiger partial charge in [-0.15, -0.1) is 0 Å². The van der Waals surface area contributed by atoms with Crippen molar-refractivity contribution in [1.29, 1.82) is 0 Å². The molecule has 2 rings (SSSR count). The summed E-state index contributed by atoms with van der Waals surface area (Å²) in [6, 6.07) is 5.03. The quantitative estimate of drug-likeness (QED) is 0.912. The smallest absolute Gasteiger partial charge is 0.128 e. The molecule has 0 bridgehead atoms. The maximum absolute atomic E-state index is 13.7. The molecule has 0 aromatic heterocycles. The van der Waals surface area contributed by atoms with Gasteiger partial charge in [0.05, 0.1) is 6.10 Å². The van der Waals surface area contributed by atoms with Crippen molar-refractivity contribution in [3.63, 3.8) is 0 Å². The van der Waals surface area contributed by atoms with E-state index in [4.69, 9.17) is 4.74 Å². The molecule has 2 unspecified atom stereocenters. The van der Waals surface area contributed by atoms with Crippen molar-refractivity contribution in [2.24, 2.45) is 0 Å². The summed E-state index contributed by atoms with van der Waals surface area (Å²) in [5.41, 5.74) is 0.695. The maximum Gasteiger partial charge on any atom is 0.128 e. The van der Waals surface area contributed by atoms with Gasteiger partial charge in [0.2, 0.25) is 0 Å². The summed E-state index contributed by atoms with van der Waals surface area (Å²) in [6.45, 7) is 3.62. The van der Waals surface area contributed by atoms with Crippen LogP contribution >= 0.6 is 15.9 Å². The molecule has 1 aromatic rings. The van der Waals surface area contributed by atoms with Gasteiger partial charge in [0.1, 0.15) is 5.82 Å². The second-order valence-electron chi connectivity index (χ2n) is 4.78. The average Bonchev–Trinajstić information content (AvgIpc) is 2.40. The Morgan fingerprint density at radius 2 is 2.33 bits per heavy atom. The molecule has 2 atom stereocenters. The molecule has 1 saturated heterocycles. The third kappa shape index (κ3) is 3.77. The summed E-state index contributed by atoms with van der Waals surface area (Å²) in [5, 5.41) is 3.35. The van der Waals surface area contributed by atoms with Crippen molar-refractivity contribution < 1.29 is 9.13 Å². The Morgan fingerprint density at radius 1 is 1.50 bits per heavy atom. The van der Waals surface area contributed by atoms with Crippen LogP contribution in [0.15, 0.2) is 22.7 Å². The largest absolute Gasteiger partial charge is 0.377 e. The van der Waals surface area contributed by atoms with Crippen molar-refractivity contribution in [3.8, 4) is 0 Å². The average molecular weight is 316 g/mol. The number of nitrogens with one attached hydrogen (secondary N) is 1. The highest BCUT2D eigenvalue weighted by Crippen LogP contribution is 2.22. The van der Waals surface area contributed by atoms with E-state index in [1.54, 1.807) is 6.07 Å². The molecule has 100 valence electrons. The summed E-state index contributed by atoms with van der Waals surface area (Å²) >= 11 is 3.37. The Labute approximate surface area is 116 Å². The molecule has 0 saturated carbocycles. The normalized spacial score (nSPS) is 21.8. The molecule has 18 heavy (non-hydrogen) atoms. The standard InChI is InChI=1S/C14H19BrFNO/c1-10(13-8-11(15)5-6-14(13)16)17-9-12-4-2-3-7-18-12/h5-6,8,10,12,17H,2-4,7,9H2,1H3. The van der Waals surface area contributed by atoms with Crippen LogP contribution in [0.4, 0.5) is 4.39 Å². The molecule has 1 heterocycles. The maximum atomic E-state index is 13.7. The van der Waals surface area contributed by atoms with Gasteiger partial charge in [0.25, 0.3) is 0 Å². The Balaban J connectivity index is 1.90. The van der Waals surface area contributed by atoms with Gasteiger partial charge in [0.15, 0.2) is 0 Å². The predicted octanol–water partition coefficient (Wildman–Crippen LogP) is 3.81. The summed E-state index contributed by atoms with van der Waals surface area (Å²) in [6.07, 6.45) is 3.76. The minimum atomic E-state index is -0.164. The topological polar surface area (TPSA) is 21.3 Å². The number of hydrogen-bond acceptors (Lipinski definition) is 2. The SMILES string of the molecule is CC(NCC1CCCCO1)c1cc(Br)ccc1F. The fraction of sp³-hybridized carbons (Fsp3) is 0.571. The Hall–Kier alpha value is -0.450. The molecule has 1 fully saturated rings. The van der Waals surface area contributed by atoms with E-state index in [9.17, 15) is 4.39 Å². The van der Waals surface area contributed by atoms with Gasteiger partial charge < -0.3 is 10.1 Å². The fourth-order valence-corrected chi connectivity index (χ4v) is 2.61. The molecule has 0 amide bonds. The minimum absolute atomic E-state index is 0.00646. The van der Waals surface area contributed by atoms with Gasteiger partial charge >= 0.3 is 0 Å². The molecule has 4 heteroatoms. The number of halogens is 2. The molecule has 0 aliphatic carbocycles. The molecular formula is C14H19BrFNO. The third-order valence-electron chi connectivity index (χ3n) is 3.35. The lowest BCUT2D eigenvalue weighted by Crippen LogP contribution is -2.33. The molecule has 2 nitrogen and oxygen atoms in total. The first-order valence-corrected chi connectivity index (χ1v) is 7.26. The molecule has 1 aliphatic rings. The lowest BCUT2D eigenvalue weighted by atomic mass is 10.1. The van der Waals surface area contributed by atoms with Crippen molar-refractivity contribution in [2.45, 2.75) is 38.3 Å². The van der Waals surface area contributed by atoms with Crippen LogP contribution in [0.5, 0.6) is 0 Å². The fourth-order valence-electron chi connectivity index (χ4n) is 2.23. The molecular weight excluding hydrogens is 297 g/mol. The van der Waals surface area contributed by atoms with E-state index in [0.29, 0.717) is 5.56 Å². The first-order chi connectivity index (χ1) is 8.66. The van der Waals surface area contributed by atoms with E-state index in [1.807, 2.05) is 13.0 Å². The van der Waals surface area contributed by atoms with Crippen LogP contribution in [0, 0.1) is 5.82 Å². The van der Waals surface area contributed by atoms with Gasteiger partial charge in [-0.3, -0.25) is 0 Å². The van der Waals surface area contributed by atoms with Crippen molar-refractivity contribution in [1.82, 2.24) is 5.32 Å². The Bertz CT molecular complexity index is 393. The van der Waals surface area contributed by atoms with E-state index in [-0.39, 0.29) is 18.0 Å². The second-order valence-corrected chi connectivity index (χ2v) is 5.70. The highest BCUT2D eigenvalue weighted by Gasteiger charge is 2.16. The molecule has 1 N–H and O–H groups in total. The van der Waals surface area contributed by atoms with Crippen molar-refractivity contribution >= 4 is 15.9 Å². The molecule has 1 aromatic carbocycles. The number of hydrogen-bond donors (Lipinski definition) is 1. The molecule has 0 spiro atoms. The number of benzene rings is 1. The summed E-state index contributed by atoms with van der Waals surface area (Å²) in [5.74, 6) is -0.164. The van der Waals surface area contributed by atoms with Crippen LogP contribution in [0.3, 0.4) is 0 Å². The van der Waals surface area contributed by atoms with Crippen molar-refractivity contribution in [2.75, 3.05) is 13.2 Å². The van der Waals surface area contributed by atoms with E-state index < -0.39 is 0 Å². The van der Waals surface area contributed by atoms with Crippen molar-refractivity contribution in [3.05, 3.63) is 34.1 Å². The summed E-state index contributed by atoms with van der Waals surface area (Å²) in [7, 11) is 0. The number of ether oxygens (including phenoxy) is 1. The van der Waals surface area contributed by atoms with Crippen LogP contribution in [-0.2, 0) is 4.74 Å². The molecule has 1 aliphatic heterocycles. The second kappa shape index (κ2) is 6.64. The summed E-state index contributed by atoms with van der Waals surface area (Å²) < 4.78 is 20.3. The van der Waals surface area contributed by atoms with Gasteiger partial charge in [0, 0.05) is 29.2 Å². The third-order valence-corrected chi connectivity index (χ3v) is 3.84. The zero-order chi connectivity index (χ0) is 13.0. The highest BCUT2D eigenvalue weighted by atomic mass is 79.9. The minimum Gasteiger partial charge on any atom is -0.377 e. The van der Waals surface area contributed by atoms with E-state index >= 15 is 0 Å². The van der Waals surface area contributed by atoms with E-state index in [0.717, 1.165) is 30.5 Å². The van der Waals surface area contributed by atoms with Crippen LogP contribution in [0.1, 0.15) is 37.8 Å². The van der Waals surface area contributed by atoms with Gasteiger partial charge in [-0.1, -0.05) is 15.9 Å². The summed E-state index contributed by atoms with van der Waals surface area (Å²) in [4.78, 5) is 0. The van der Waals surface area contributed by atoms with Gasteiger partial charge in [-0.05, 0) is 44.4 Å². The van der Waals surface area contributed by atoms with E-state index in [2.05, 4.69) is 21.2 Å². The highest BCUT2D eigenvalue weighted by molar-refractivity contribution is 9.10. The van der Waals surface area contributed by atoms with E-state index in [1.165, 1.54) is 12.5 Å². The van der Waals surface area contributed by atoms with Crippen LogP contribution in [0.2, 0.25) is 0 Å².